The third-order valence-electron chi connectivity index (χ3n) is 5.38. The van der Waals surface area contributed by atoms with E-state index in [-0.39, 0.29) is 46.2 Å². The Labute approximate surface area is 377 Å². The van der Waals surface area contributed by atoms with Crippen molar-refractivity contribution >= 4 is 46.9 Å². The molecule has 63 heavy (non-hydrogen) atoms. The second-order valence-electron chi connectivity index (χ2n) is 11.8. The number of phosphoric ester groups is 6. The molecule has 2 atom stereocenters. The summed E-state index contributed by atoms with van der Waals surface area (Å²) in [5.41, 5.74) is 0. The first kappa shape index (κ1) is 75.2. The van der Waals surface area contributed by atoms with E-state index < -0.39 is 46.9 Å². The minimum Gasteiger partial charge on any atom is -0.303 e. The van der Waals surface area contributed by atoms with Crippen LogP contribution in [0.4, 0.5) is 0 Å². The van der Waals surface area contributed by atoms with Crippen LogP contribution in [0.15, 0.2) is 0 Å². The van der Waals surface area contributed by atoms with Gasteiger partial charge in [0.15, 0.2) is 0 Å². The molecular formula is C33H84O24P6. The Kier molecular flexibility index (Phi) is 58.6. The number of hydrogen-bond acceptors (Lipinski definition) is 17. The van der Waals surface area contributed by atoms with Gasteiger partial charge in [-0.3, -0.25) is 49.8 Å². The normalized spacial score (nSPS) is 13.4. The third-order valence-corrected chi connectivity index (χ3v) is 11.2. The first-order valence-electron chi connectivity index (χ1n) is 21.0. The maximum absolute atomic E-state index is 11.8. The predicted octanol–water partition coefficient (Wildman–Crippen LogP) is 10.2. The van der Waals surface area contributed by atoms with Crippen molar-refractivity contribution in [2.24, 2.45) is 0 Å². The average Bonchev–Trinajstić information content (AvgIpc) is 3.18. The predicted molar refractivity (Wildman–Crippen MR) is 240 cm³/mol. The van der Waals surface area contributed by atoms with Gasteiger partial charge in [-0.1, -0.05) is 74.7 Å². The molecule has 0 aromatic heterocycles. The molecule has 0 amide bonds. The SMILES string of the molecule is CCCCCOP(=O)(O)OCC.CCCCOP(=O)(O)OCC.CCCOP(=O)(O)O.CCCOP(=O)(O)OCCC.CCCOP(=O)(OCCC)OCCC.CCOP(=O)(O)O. The molecule has 2 unspecified atom stereocenters. The molecule has 0 fully saturated rings. The number of phosphoric acid groups is 6. The van der Waals surface area contributed by atoms with Gasteiger partial charge in [0.2, 0.25) is 0 Å². The van der Waals surface area contributed by atoms with E-state index in [1.807, 2.05) is 41.5 Å². The Morgan fingerprint density at radius 1 is 0.270 bits per heavy atom. The van der Waals surface area contributed by atoms with Crippen LogP contribution in [0.25, 0.3) is 0 Å². The number of unbranched alkanes of at least 4 members (excludes halogenated alkanes) is 3. The van der Waals surface area contributed by atoms with Crippen LogP contribution in [0.2, 0.25) is 0 Å². The fraction of sp³-hybridized carbons (Fsp3) is 1.00. The lowest BCUT2D eigenvalue weighted by molar-refractivity contribution is 0.113. The molecular weight excluding hydrogens is 966 g/mol. The summed E-state index contributed by atoms with van der Waals surface area (Å²) in [5, 5.41) is 0. The third kappa shape index (κ3) is 74.4. The van der Waals surface area contributed by atoms with Gasteiger partial charge in [-0.15, -0.1) is 0 Å². The van der Waals surface area contributed by atoms with Crippen LogP contribution < -0.4 is 0 Å². The van der Waals surface area contributed by atoms with Gasteiger partial charge in [0.1, 0.15) is 0 Å². The summed E-state index contributed by atoms with van der Waals surface area (Å²) in [6, 6.07) is 0. The maximum atomic E-state index is 11.8. The number of hydrogen-bond donors (Lipinski definition) is 7. The zero-order valence-electron chi connectivity index (χ0n) is 39.3. The summed E-state index contributed by atoms with van der Waals surface area (Å²) in [5.74, 6) is 0. The van der Waals surface area contributed by atoms with Crippen LogP contribution >= 0.6 is 46.9 Å². The van der Waals surface area contributed by atoms with Crippen molar-refractivity contribution in [3.63, 3.8) is 0 Å². The molecule has 0 bridgehead atoms. The highest BCUT2D eigenvalue weighted by molar-refractivity contribution is 7.48. The average molecular weight is 1050 g/mol. The lowest BCUT2D eigenvalue weighted by atomic mass is 10.3. The standard InChI is InChI=1S/C9H21O4P.C7H17O4P.2C6H15O4P.C3H9O4P.C2H7O4P/c1-4-7-11-14(10,12-8-5-2)13-9-6-3;1-3-5-6-7-11-12(8,9)10-4-2;1-3-5-6-10-11(7,8)9-4-2;1-3-5-9-11(7,8)10-6-4-2;1-2-3-7-8(4,5)6;1-2-6-7(3,4)5/h4-9H2,1-3H3;3-7H2,1-2H3,(H,8,9);2*3-6H2,1-2H3,(H,7,8);2-3H2,1H3,(H2,4,5,6);2H2,1H3,(H2,3,4,5). The van der Waals surface area contributed by atoms with Crippen molar-refractivity contribution in [2.45, 2.75) is 147 Å². The van der Waals surface area contributed by atoms with Gasteiger partial charge in [0, 0.05) is 0 Å². The van der Waals surface area contributed by atoms with Gasteiger partial charge in [-0.25, -0.2) is 27.4 Å². The van der Waals surface area contributed by atoms with Crippen molar-refractivity contribution < 1.29 is 111 Å². The molecule has 30 heteroatoms. The first-order chi connectivity index (χ1) is 29.2. The van der Waals surface area contributed by atoms with Gasteiger partial charge >= 0.3 is 46.9 Å². The van der Waals surface area contributed by atoms with Crippen LogP contribution in [0.1, 0.15) is 147 Å². The molecule has 0 spiro atoms. The van der Waals surface area contributed by atoms with Crippen LogP contribution in [-0.2, 0) is 77.2 Å². The maximum Gasteiger partial charge on any atom is 0.474 e. The van der Waals surface area contributed by atoms with Crippen molar-refractivity contribution in [2.75, 3.05) is 72.7 Å². The Balaban J connectivity index is -0.000000157. The Hall–Kier alpha value is 0.660. The van der Waals surface area contributed by atoms with Gasteiger partial charge in [0.05, 0.1) is 72.7 Å². The van der Waals surface area contributed by atoms with E-state index in [4.69, 9.17) is 47.8 Å². The lowest BCUT2D eigenvalue weighted by Gasteiger charge is -2.16. The molecule has 0 saturated heterocycles. The zero-order valence-corrected chi connectivity index (χ0v) is 44.7. The fourth-order valence-corrected chi connectivity index (χ4v) is 7.43. The monoisotopic (exact) mass is 1050 g/mol. The molecule has 0 saturated carbocycles. The van der Waals surface area contributed by atoms with Crippen LogP contribution in [0, 0.1) is 0 Å². The molecule has 24 nitrogen and oxygen atoms in total. The second kappa shape index (κ2) is 49.1. The van der Waals surface area contributed by atoms with Crippen molar-refractivity contribution in [3.8, 4) is 0 Å². The highest BCUT2D eigenvalue weighted by Crippen LogP contribution is 2.49. The molecule has 0 aliphatic heterocycles. The highest BCUT2D eigenvalue weighted by Gasteiger charge is 2.25. The summed E-state index contributed by atoms with van der Waals surface area (Å²) in [6.45, 7) is 23.1. The molecule has 0 heterocycles. The van der Waals surface area contributed by atoms with Crippen molar-refractivity contribution in [1.29, 1.82) is 0 Å². The second-order valence-corrected chi connectivity index (χ2v) is 20.3. The molecule has 0 radical (unpaired) electrons. The molecule has 0 rings (SSSR count). The van der Waals surface area contributed by atoms with Gasteiger partial charge < -0.3 is 34.3 Å². The van der Waals surface area contributed by atoms with Crippen LogP contribution in [0.3, 0.4) is 0 Å². The van der Waals surface area contributed by atoms with Crippen LogP contribution in [-0.4, -0.2) is 107 Å². The van der Waals surface area contributed by atoms with E-state index in [2.05, 4.69) is 43.1 Å². The summed E-state index contributed by atoms with van der Waals surface area (Å²) >= 11 is 0. The topological polar surface area (TPSA) is 346 Å². The minimum absolute atomic E-state index is 0.0459. The van der Waals surface area contributed by atoms with E-state index in [1.54, 1.807) is 20.8 Å². The summed E-state index contributed by atoms with van der Waals surface area (Å²) in [7, 11) is -22.8. The smallest absolute Gasteiger partial charge is 0.303 e. The molecule has 0 aliphatic rings. The Bertz CT molecular complexity index is 1210. The lowest BCUT2D eigenvalue weighted by Crippen LogP contribution is -2.02. The molecule has 0 aromatic rings. The van der Waals surface area contributed by atoms with Gasteiger partial charge in [-0.2, -0.15) is 0 Å². The quantitative estimate of drug-likeness (QED) is 0.0237. The summed E-state index contributed by atoms with van der Waals surface area (Å²) in [6.07, 6.45) is 9.02. The molecule has 7 N–H and O–H groups in total. The minimum atomic E-state index is -4.18. The summed E-state index contributed by atoms with van der Waals surface area (Å²) in [4.78, 5) is 58.6. The Morgan fingerprint density at radius 3 is 0.762 bits per heavy atom. The van der Waals surface area contributed by atoms with Crippen LogP contribution in [0.5, 0.6) is 0 Å². The zero-order chi connectivity index (χ0) is 50.3. The van der Waals surface area contributed by atoms with Gasteiger partial charge in [0.25, 0.3) is 0 Å². The summed E-state index contributed by atoms with van der Waals surface area (Å²) < 4.78 is 115. The Morgan fingerprint density at radius 2 is 0.524 bits per heavy atom. The van der Waals surface area contributed by atoms with E-state index in [1.165, 1.54) is 6.92 Å². The first-order valence-corrected chi connectivity index (χ1v) is 30.0. The van der Waals surface area contributed by atoms with Gasteiger partial charge in [-0.05, 0) is 72.1 Å². The van der Waals surface area contributed by atoms with E-state index in [9.17, 15) is 27.4 Å². The van der Waals surface area contributed by atoms with Crippen molar-refractivity contribution in [1.82, 2.24) is 0 Å². The van der Waals surface area contributed by atoms with E-state index in [0.29, 0.717) is 45.7 Å². The van der Waals surface area contributed by atoms with Crippen molar-refractivity contribution in [3.05, 3.63) is 0 Å². The molecule has 0 aromatic carbocycles. The largest absolute Gasteiger partial charge is 0.474 e. The van der Waals surface area contributed by atoms with E-state index in [0.717, 1.165) is 51.4 Å². The fourth-order valence-electron chi connectivity index (χ4n) is 2.81. The highest BCUT2D eigenvalue weighted by atomic mass is 31.2. The molecule has 0 aliphatic carbocycles. The van der Waals surface area contributed by atoms with E-state index >= 15 is 0 Å². The molecule has 390 valence electrons. The number of rotatable bonds is 33.